The van der Waals surface area contributed by atoms with E-state index in [9.17, 15) is 14.7 Å². The third-order valence-electron chi connectivity index (χ3n) is 3.36. The molecule has 1 amide bonds. The summed E-state index contributed by atoms with van der Waals surface area (Å²) < 4.78 is 0. The maximum Gasteiger partial charge on any atom is 0.234 e. The number of aromatic carboxylic acids is 1. The van der Waals surface area contributed by atoms with Crippen LogP contribution in [0.2, 0.25) is 0 Å². The second-order valence-electron chi connectivity index (χ2n) is 4.82. The summed E-state index contributed by atoms with van der Waals surface area (Å²) in [5, 5.41) is 15.4. The van der Waals surface area contributed by atoms with Gasteiger partial charge in [-0.05, 0) is 38.0 Å². The van der Waals surface area contributed by atoms with Crippen LogP contribution >= 0.6 is 11.3 Å². The Morgan fingerprint density at radius 3 is 2.67 bits per heavy atom. The van der Waals surface area contributed by atoms with Crippen LogP contribution in [-0.4, -0.2) is 16.9 Å². The van der Waals surface area contributed by atoms with Crippen LogP contribution in [0.25, 0.3) is 0 Å². The number of rotatable bonds is 4. The highest BCUT2D eigenvalue weighted by molar-refractivity contribution is 7.10. The Morgan fingerprint density at radius 2 is 2.05 bits per heavy atom. The number of aryl methyl sites for hydroxylation is 1. The fraction of sp³-hybridized carbons (Fsp3) is 0.267. The molecule has 2 aromatic rings. The molecule has 21 heavy (non-hydrogen) atoms. The van der Waals surface area contributed by atoms with Gasteiger partial charge < -0.3 is 15.2 Å². The van der Waals surface area contributed by atoms with Crippen LogP contribution in [0.15, 0.2) is 23.6 Å². The number of benzene rings is 1. The summed E-state index contributed by atoms with van der Waals surface area (Å²) >= 11 is 1.14. The molecule has 5 nitrogen and oxygen atoms in total. The van der Waals surface area contributed by atoms with Gasteiger partial charge in [-0.3, -0.25) is 4.79 Å². The molecule has 1 aromatic carbocycles. The van der Waals surface area contributed by atoms with Gasteiger partial charge in [-0.2, -0.15) is 0 Å². The quantitative estimate of drug-likeness (QED) is 0.934. The molecular weight excluding hydrogens is 288 g/mol. The maximum absolute atomic E-state index is 12.2. The van der Waals surface area contributed by atoms with E-state index < -0.39 is 11.9 Å². The van der Waals surface area contributed by atoms with E-state index in [0.29, 0.717) is 5.01 Å². The summed E-state index contributed by atoms with van der Waals surface area (Å²) in [4.78, 5) is 26.9. The monoisotopic (exact) mass is 303 g/mol. The molecule has 0 aliphatic rings. The van der Waals surface area contributed by atoms with Crippen LogP contribution in [0.4, 0.5) is 5.69 Å². The molecule has 0 saturated heterocycles. The lowest BCUT2D eigenvalue weighted by atomic mass is 10.1. The molecule has 0 aliphatic heterocycles. The minimum Gasteiger partial charge on any atom is -0.543 e. The average molecular weight is 303 g/mol. The lowest BCUT2D eigenvalue weighted by molar-refractivity contribution is -0.255. The minimum atomic E-state index is -1.33. The summed E-state index contributed by atoms with van der Waals surface area (Å²) in [6, 6.07) is 5.68. The Bertz CT molecular complexity index is 694. The zero-order chi connectivity index (χ0) is 15.6. The van der Waals surface area contributed by atoms with Crippen molar-refractivity contribution < 1.29 is 14.7 Å². The highest BCUT2D eigenvalue weighted by atomic mass is 32.1. The van der Waals surface area contributed by atoms with Crippen LogP contribution in [0.1, 0.15) is 39.5 Å². The highest BCUT2D eigenvalue weighted by Gasteiger charge is 2.19. The Morgan fingerprint density at radius 1 is 1.33 bits per heavy atom. The van der Waals surface area contributed by atoms with Gasteiger partial charge in [0.15, 0.2) is 0 Å². The fourth-order valence-electron chi connectivity index (χ4n) is 1.82. The standard InChI is InChI=1S/C15H16N2O3S/c1-8-5-4-6-11(9(8)2)16-13(18)10(3)14-17-12(7-21-14)15(19)20/h4-7,10H,1-3H3,(H,16,18)(H,19,20)/p-1/t10-/m0/s1. The second-order valence-corrected chi connectivity index (χ2v) is 5.71. The highest BCUT2D eigenvalue weighted by Crippen LogP contribution is 2.23. The summed E-state index contributed by atoms with van der Waals surface area (Å²) in [5.41, 5.74) is 2.71. The van der Waals surface area contributed by atoms with Crippen molar-refractivity contribution in [1.82, 2.24) is 4.98 Å². The molecule has 0 radical (unpaired) electrons. The van der Waals surface area contributed by atoms with Crippen molar-refractivity contribution in [2.45, 2.75) is 26.7 Å². The predicted octanol–water partition coefficient (Wildman–Crippen LogP) is 1.87. The van der Waals surface area contributed by atoms with Crippen molar-refractivity contribution in [3.8, 4) is 0 Å². The first kappa shape index (κ1) is 15.2. The van der Waals surface area contributed by atoms with Crippen molar-refractivity contribution in [2.24, 2.45) is 0 Å². The molecule has 0 saturated carbocycles. The number of nitrogens with zero attached hydrogens (tertiary/aromatic N) is 1. The molecule has 0 aliphatic carbocycles. The number of anilines is 1. The van der Waals surface area contributed by atoms with Gasteiger partial charge >= 0.3 is 0 Å². The SMILES string of the molecule is Cc1cccc(NC(=O)[C@H](C)c2nc(C(=O)[O-])cs2)c1C. The zero-order valence-electron chi connectivity index (χ0n) is 12.0. The number of hydrogen-bond acceptors (Lipinski definition) is 5. The van der Waals surface area contributed by atoms with Gasteiger partial charge in [-0.1, -0.05) is 12.1 Å². The van der Waals surface area contributed by atoms with E-state index in [0.717, 1.165) is 28.2 Å². The van der Waals surface area contributed by atoms with Gasteiger partial charge in [-0.15, -0.1) is 11.3 Å². The Balaban J connectivity index is 2.15. The third-order valence-corrected chi connectivity index (χ3v) is 4.38. The van der Waals surface area contributed by atoms with Gasteiger partial charge in [0.1, 0.15) is 5.01 Å². The summed E-state index contributed by atoms with van der Waals surface area (Å²) in [6.07, 6.45) is 0. The topological polar surface area (TPSA) is 82.1 Å². The lowest BCUT2D eigenvalue weighted by Crippen LogP contribution is -2.23. The van der Waals surface area contributed by atoms with E-state index in [2.05, 4.69) is 10.3 Å². The fourth-order valence-corrected chi connectivity index (χ4v) is 2.66. The Kier molecular flexibility index (Phi) is 4.37. The van der Waals surface area contributed by atoms with E-state index in [1.165, 1.54) is 5.38 Å². The van der Waals surface area contributed by atoms with Crippen molar-refractivity contribution in [2.75, 3.05) is 5.32 Å². The average Bonchev–Trinajstić information content (AvgIpc) is 2.93. The maximum atomic E-state index is 12.2. The van der Waals surface area contributed by atoms with Crippen LogP contribution in [0, 0.1) is 13.8 Å². The van der Waals surface area contributed by atoms with Gasteiger partial charge in [-0.25, -0.2) is 4.98 Å². The number of carbonyl (C=O) groups is 2. The predicted molar refractivity (Wildman–Crippen MR) is 79.4 cm³/mol. The lowest BCUT2D eigenvalue weighted by Gasteiger charge is -2.13. The zero-order valence-corrected chi connectivity index (χ0v) is 12.8. The summed E-state index contributed by atoms with van der Waals surface area (Å²) in [7, 11) is 0. The smallest absolute Gasteiger partial charge is 0.234 e. The molecule has 0 spiro atoms. The first-order chi connectivity index (χ1) is 9.90. The van der Waals surface area contributed by atoms with Gasteiger partial charge in [0.05, 0.1) is 17.6 Å². The summed E-state index contributed by atoms with van der Waals surface area (Å²) in [6.45, 7) is 5.60. The number of thiazole rings is 1. The van der Waals surface area contributed by atoms with E-state index >= 15 is 0 Å². The molecule has 1 atom stereocenters. The molecule has 0 unspecified atom stereocenters. The van der Waals surface area contributed by atoms with Crippen molar-refractivity contribution in [3.63, 3.8) is 0 Å². The Hall–Kier alpha value is -2.21. The number of aromatic nitrogens is 1. The van der Waals surface area contributed by atoms with Crippen LogP contribution in [0.5, 0.6) is 0 Å². The number of carbonyl (C=O) groups excluding carboxylic acids is 2. The molecule has 0 bridgehead atoms. The van der Waals surface area contributed by atoms with Gasteiger partial charge in [0.2, 0.25) is 5.91 Å². The van der Waals surface area contributed by atoms with Crippen LogP contribution < -0.4 is 10.4 Å². The van der Waals surface area contributed by atoms with Crippen molar-refractivity contribution >= 4 is 28.9 Å². The van der Waals surface area contributed by atoms with E-state index in [4.69, 9.17) is 0 Å². The van der Waals surface area contributed by atoms with Crippen molar-refractivity contribution in [3.05, 3.63) is 45.4 Å². The number of hydrogen-bond donors (Lipinski definition) is 1. The van der Waals surface area contributed by atoms with E-state index in [1.807, 2.05) is 32.0 Å². The number of nitrogens with one attached hydrogen (secondary N) is 1. The number of carboxylic acids is 1. The first-order valence-corrected chi connectivity index (χ1v) is 7.32. The van der Waals surface area contributed by atoms with E-state index in [-0.39, 0.29) is 11.6 Å². The summed E-state index contributed by atoms with van der Waals surface area (Å²) in [5.74, 6) is -2.08. The van der Waals surface area contributed by atoms with Crippen LogP contribution in [-0.2, 0) is 4.79 Å². The number of amides is 1. The Labute approximate surface area is 126 Å². The molecule has 0 fully saturated rings. The molecule has 1 N–H and O–H groups in total. The van der Waals surface area contributed by atoms with Gasteiger partial charge in [0.25, 0.3) is 0 Å². The molecule has 1 heterocycles. The minimum absolute atomic E-state index is 0.138. The van der Waals surface area contributed by atoms with E-state index in [1.54, 1.807) is 6.92 Å². The molecular formula is C15H15N2O3S-. The third kappa shape index (κ3) is 3.28. The molecule has 2 rings (SSSR count). The first-order valence-electron chi connectivity index (χ1n) is 6.44. The van der Waals surface area contributed by atoms with Crippen molar-refractivity contribution in [1.29, 1.82) is 0 Å². The number of carboxylic acid groups (broad SMARTS) is 1. The molecule has 1 aromatic heterocycles. The molecule has 6 heteroatoms. The van der Waals surface area contributed by atoms with Gasteiger partial charge in [0, 0.05) is 11.1 Å². The molecule has 110 valence electrons. The van der Waals surface area contributed by atoms with Crippen LogP contribution in [0.3, 0.4) is 0 Å². The largest absolute Gasteiger partial charge is 0.543 e. The second kappa shape index (κ2) is 6.05. The normalized spacial score (nSPS) is 12.0.